The molecule has 0 aliphatic heterocycles. The van der Waals surface area contributed by atoms with E-state index < -0.39 is 0 Å². The van der Waals surface area contributed by atoms with E-state index in [1.54, 1.807) is 33.3 Å². The normalized spacial score (nSPS) is 11.9. The average molecular weight is 405 g/mol. The quantitative estimate of drug-likeness (QED) is 0.568. The molecule has 0 N–H and O–H groups in total. The number of thiophene rings is 1. The monoisotopic (exact) mass is 404 g/mol. The molecule has 0 aliphatic carbocycles. The van der Waals surface area contributed by atoms with Crippen molar-refractivity contribution in [2.75, 3.05) is 6.54 Å². The van der Waals surface area contributed by atoms with E-state index in [1.807, 2.05) is 38.3 Å². The van der Waals surface area contributed by atoms with E-state index in [-0.39, 0.29) is 30.2 Å². The van der Waals surface area contributed by atoms with Crippen molar-refractivity contribution >= 4 is 23.2 Å². The van der Waals surface area contributed by atoms with Gasteiger partial charge >= 0.3 is 0 Å². The van der Waals surface area contributed by atoms with Gasteiger partial charge < -0.3 is 9.80 Å². The zero-order chi connectivity index (χ0) is 20.5. The Morgan fingerprint density at radius 3 is 2.36 bits per heavy atom. The number of carbonyl (C=O) groups excluding carboxylic acids is 2. The third-order valence-electron chi connectivity index (χ3n) is 4.78. The molecule has 2 aromatic rings. The molecule has 28 heavy (non-hydrogen) atoms. The molecule has 1 atom stereocenters. The lowest BCUT2D eigenvalue weighted by atomic mass is 10.1. The fourth-order valence-corrected chi connectivity index (χ4v) is 3.67. The molecule has 0 spiro atoms. The number of benzene rings is 1. The molecule has 1 aromatic heterocycles. The summed E-state index contributed by atoms with van der Waals surface area (Å²) >= 11 is 1.59. The first-order valence-corrected chi connectivity index (χ1v) is 10.7. The first-order valence-electron chi connectivity index (χ1n) is 9.78. The summed E-state index contributed by atoms with van der Waals surface area (Å²) in [7, 11) is 0. The van der Waals surface area contributed by atoms with Crippen LogP contribution in [0.3, 0.4) is 0 Å². The van der Waals surface area contributed by atoms with Gasteiger partial charge in [0.25, 0.3) is 0 Å². The van der Waals surface area contributed by atoms with Crippen LogP contribution >= 0.6 is 11.3 Å². The van der Waals surface area contributed by atoms with Crippen molar-refractivity contribution in [2.45, 2.75) is 59.2 Å². The highest BCUT2D eigenvalue weighted by molar-refractivity contribution is 7.09. The largest absolute Gasteiger partial charge is 0.332 e. The first-order chi connectivity index (χ1) is 13.4. The fourth-order valence-electron chi connectivity index (χ4n) is 2.95. The van der Waals surface area contributed by atoms with Gasteiger partial charge in [-0.1, -0.05) is 32.0 Å². The second kappa shape index (κ2) is 11.0. The smallest absolute Gasteiger partial charge is 0.242 e. The van der Waals surface area contributed by atoms with Crippen LogP contribution in [0.15, 0.2) is 41.8 Å². The van der Waals surface area contributed by atoms with Crippen LogP contribution in [0.5, 0.6) is 0 Å². The minimum atomic E-state index is -0.298. The number of nitrogens with zero attached hydrogens (tertiary/aromatic N) is 2. The Kier molecular flexibility index (Phi) is 8.64. The van der Waals surface area contributed by atoms with Crippen LogP contribution < -0.4 is 0 Å². The summed E-state index contributed by atoms with van der Waals surface area (Å²) in [4.78, 5) is 30.2. The molecule has 1 heterocycles. The van der Waals surface area contributed by atoms with E-state index in [2.05, 4.69) is 0 Å². The molecule has 2 rings (SSSR count). The van der Waals surface area contributed by atoms with Gasteiger partial charge in [0.1, 0.15) is 12.4 Å². The second-order valence-electron chi connectivity index (χ2n) is 6.98. The molecule has 0 aliphatic rings. The maximum atomic E-state index is 13.2. The van der Waals surface area contributed by atoms with Gasteiger partial charge in [-0.15, -0.1) is 11.3 Å². The molecule has 2 amide bonds. The predicted octanol–water partition coefficient (Wildman–Crippen LogP) is 4.84. The summed E-state index contributed by atoms with van der Waals surface area (Å²) in [5, 5.41) is 1.98. The highest BCUT2D eigenvalue weighted by atomic mass is 32.1. The second-order valence-corrected chi connectivity index (χ2v) is 8.02. The molecule has 0 unspecified atom stereocenters. The first kappa shape index (κ1) is 22.1. The predicted molar refractivity (Wildman–Crippen MR) is 111 cm³/mol. The molecular formula is C22H29FN2O2S. The Balaban J connectivity index is 2.18. The third-order valence-corrected chi connectivity index (χ3v) is 5.64. The van der Waals surface area contributed by atoms with Gasteiger partial charge in [-0.25, -0.2) is 4.39 Å². The van der Waals surface area contributed by atoms with Crippen LogP contribution in [0.25, 0.3) is 0 Å². The number of rotatable bonds is 10. The maximum absolute atomic E-state index is 13.2. The van der Waals surface area contributed by atoms with Crippen LogP contribution in [-0.2, 0) is 22.7 Å². The standard InChI is InChI=1S/C22H29FN2O2S/c1-4-7-21(26)25(17(3)5-2)16-22(27)24(15-20-8-6-13-28-20)14-18-9-11-19(23)12-10-18/h6,8-13,17H,4-5,7,14-16H2,1-3H3/t17-/m1/s1. The summed E-state index contributed by atoms with van der Waals surface area (Å²) in [6.07, 6.45) is 2.00. The van der Waals surface area contributed by atoms with Gasteiger partial charge in [-0.3, -0.25) is 9.59 Å². The van der Waals surface area contributed by atoms with Crippen molar-refractivity contribution in [3.8, 4) is 0 Å². The minimum Gasteiger partial charge on any atom is -0.332 e. The highest BCUT2D eigenvalue weighted by Crippen LogP contribution is 2.17. The van der Waals surface area contributed by atoms with Gasteiger partial charge in [-0.2, -0.15) is 0 Å². The summed E-state index contributed by atoms with van der Waals surface area (Å²) in [5.74, 6) is -0.376. The summed E-state index contributed by atoms with van der Waals surface area (Å²) in [6.45, 7) is 6.89. The van der Waals surface area contributed by atoms with Crippen molar-refractivity contribution in [3.63, 3.8) is 0 Å². The number of halogens is 1. The molecule has 4 nitrogen and oxygen atoms in total. The molecule has 0 bridgehead atoms. The van der Waals surface area contributed by atoms with Gasteiger partial charge in [-0.05, 0) is 48.9 Å². The molecule has 0 saturated carbocycles. The minimum absolute atomic E-state index is 0.0115. The van der Waals surface area contributed by atoms with E-state index in [4.69, 9.17) is 0 Å². The van der Waals surface area contributed by atoms with Crippen LogP contribution in [0.2, 0.25) is 0 Å². The molecule has 0 radical (unpaired) electrons. The lowest BCUT2D eigenvalue weighted by molar-refractivity contribution is -0.143. The zero-order valence-electron chi connectivity index (χ0n) is 16.9. The summed E-state index contributed by atoms with van der Waals surface area (Å²) in [5.41, 5.74) is 0.862. The molecule has 1 aromatic carbocycles. The third kappa shape index (κ3) is 6.44. The molecule has 152 valence electrons. The molecule has 0 fully saturated rings. The van der Waals surface area contributed by atoms with E-state index in [1.165, 1.54) is 12.1 Å². The summed E-state index contributed by atoms with van der Waals surface area (Å²) in [6, 6.07) is 10.1. The Labute approximate surface area is 171 Å². The highest BCUT2D eigenvalue weighted by Gasteiger charge is 2.24. The number of hydrogen-bond acceptors (Lipinski definition) is 3. The molecular weight excluding hydrogens is 375 g/mol. The van der Waals surface area contributed by atoms with Crippen molar-refractivity contribution < 1.29 is 14.0 Å². The van der Waals surface area contributed by atoms with Crippen molar-refractivity contribution in [1.82, 2.24) is 9.80 Å². The van der Waals surface area contributed by atoms with Crippen LogP contribution in [0, 0.1) is 5.82 Å². The van der Waals surface area contributed by atoms with Gasteiger partial charge in [0.2, 0.25) is 11.8 Å². The number of carbonyl (C=O) groups is 2. The topological polar surface area (TPSA) is 40.6 Å². The van der Waals surface area contributed by atoms with Crippen molar-refractivity contribution in [1.29, 1.82) is 0 Å². The Hall–Kier alpha value is -2.21. The van der Waals surface area contributed by atoms with E-state index in [9.17, 15) is 14.0 Å². The van der Waals surface area contributed by atoms with Crippen LogP contribution in [0.4, 0.5) is 4.39 Å². The Morgan fingerprint density at radius 1 is 1.07 bits per heavy atom. The fraction of sp³-hybridized carbons (Fsp3) is 0.455. The van der Waals surface area contributed by atoms with Crippen LogP contribution in [0.1, 0.15) is 50.5 Å². The zero-order valence-corrected chi connectivity index (χ0v) is 17.7. The number of amides is 2. The van der Waals surface area contributed by atoms with Gasteiger partial charge in [0, 0.05) is 23.9 Å². The number of hydrogen-bond donors (Lipinski definition) is 0. The Bertz CT molecular complexity index is 746. The van der Waals surface area contributed by atoms with E-state index in [0.717, 1.165) is 23.3 Å². The van der Waals surface area contributed by atoms with E-state index in [0.29, 0.717) is 19.5 Å². The Morgan fingerprint density at radius 2 is 1.79 bits per heavy atom. The average Bonchev–Trinajstić information content (AvgIpc) is 3.19. The summed E-state index contributed by atoms with van der Waals surface area (Å²) < 4.78 is 13.2. The van der Waals surface area contributed by atoms with E-state index >= 15 is 0 Å². The maximum Gasteiger partial charge on any atom is 0.242 e. The van der Waals surface area contributed by atoms with Crippen LogP contribution in [-0.4, -0.2) is 34.2 Å². The van der Waals surface area contributed by atoms with Gasteiger partial charge in [0.05, 0.1) is 6.54 Å². The van der Waals surface area contributed by atoms with Crippen molar-refractivity contribution in [3.05, 3.63) is 58.0 Å². The molecule has 6 heteroatoms. The molecule has 0 saturated heterocycles. The lowest BCUT2D eigenvalue weighted by Gasteiger charge is -2.31. The SMILES string of the molecule is CCCC(=O)N(CC(=O)N(Cc1ccc(F)cc1)Cc1cccs1)[C@H](C)CC. The lowest BCUT2D eigenvalue weighted by Crippen LogP contribution is -2.46. The van der Waals surface area contributed by atoms with Crippen molar-refractivity contribution in [2.24, 2.45) is 0 Å². The van der Waals surface area contributed by atoms with Gasteiger partial charge in [0.15, 0.2) is 0 Å².